The molecule has 5 rings (SSSR count). The number of aromatic carboxylic acids is 1. The van der Waals surface area contributed by atoms with Crippen LogP contribution in [-0.4, -0.2) is 35.1 Å². The van der Waals surface area contributed by atoms with E-state index in [1.54, 1.807) is 24.3 Å². The van der Waals surface area contributed by atoms with Crippen LogP contribution >= 0.6 is 0 Å². The van der Waals surface area contributed by atoms with Gasteiger partial charge in [-0.2, -0.15) is 0 Å². The third-order valence-corrected chi connectivity index (χ3v) is 5.88. The molecule has 0 spiro atoms. The fourth-order valence-corrected chi connectivity index (χ4v) is 4.56. The molecule has 2 bridgehead atoms. The average molecular weight is 326 g/mol. The van der Waals surface area contributed by atoms with E-state index < -0.39 is 5.97 Å². The van der Waals surface area contributed by atoms with Crippen LogP contribution in [0, 0.1) is 23.7 Å². The van der Waals surface area contributed by atoms with E-state index in [4.69, 9.17) is 5.11 Å². The molecule has 126 valence electrons. The second-order valence-electron chi connectivity index (χ2n) is 7.18. The lowest BCUT2D eigenvalue weighted by Crippen LogP contribution is -2.38. The Hall–Kier alpha value is -2.30. The van der Waals surface area contributed by atoms with Gasteiger partial charge in [0.15, 0.2) is 0 Å². The minimum Gasteiger partial charge on any atom is -0.478 e. The Kier molecular flexibility index (Phi) is 3.79. The molecule has 1 saturated heterocycles. The van der Waals surface area contributed by atoms with E-state index in [2.05, 4.69) is 17.5 Å². The van der Waals surface area contributed by atoms with E-state index in [1.165, 1.54) is 12.8 Å². The Balaban J connectivity index is 1.33. The van der Waals surface area contributed by atoms with Gasteiger partial charge in [-0.1, -0.05) is 24.3 Å². The van der Waals surface area contributed by atoms with Gasteiger partial charge >= 0.3 is 12.0 Å². The maximum Gasteiger partial charge on any atom is 0.335 e. The number of likely N-dealkylation sites (tertiary alicyclic amines) is 1. The summed E-state index contributed by atoms with van der Waals surface area (Å²) in [5, 5.41) is 11.9. The summed E-state index contributed by atoms with van der Waals surface area (Å²) in [6, 6.07) is 6.62. The lowest BCUT2D eigenvalue weighted by atomic mass is 9.64. The van der Waals surface area contributed by atoms with Crippen LogP contribution in [0.5, 0.6) is 0 Å². The van der Waals surface area contributed by atoms with Crippen molar-refractivity contribution in [2.45, 2.75) is 19.4 Å². The van der Waals surface area contributed by atoms with Gasteiger partial charge in [-0.15, -0.1) is 0 Å². The number of benzene rings is 1. The van der Waals surface area contributed by atoms with Crippen LogP contribution in [0.4, 0.5) is 4.79 Å². The molecule has 2 fully saturated rings. The molecule has 3 aliphatic carbocycles. The van der Waals surface area contributed by atoms with E-state index in [1.807, 2.05) is 4.90 Å². The molecular weight excluding hydrogens is 304 g/mol. The van der Waals surface area contributed by atoms with Gasteiger partial charge in [0.25, 0.3) is 0 Å². The van der Waals surface area contributed by atoms with E-state index in [-0.39, 0.29) is 11.6 Å². The van der Waals surface area contributed by atoms with E-state index >= 15 is 0 Å². The number of carboxylic acids is 1. The standard InChI is InChI=1S/C19H22N2O3/c22-18(23)15-3-1-12(2-4-15)9-20-19(24)21-10-16-13-5-6-14(8-7-13)17(16)11-21/h1-6,13-14,16-17H,7-11H2,(H,20,24)(H,22,23). The third-order valence-electron chi connectivity index (χ3n) is 5.88. The van der Waals surface area contributed by atoms with Crippen LogP contribution in [0.25, 0.3) is 0 Å². The van der Waals surface area contributed by atoms with Crippen LogP contribution in [0.1, 0.15) is 28.8 Å². The molecule has 5 nitrogen and oxygen atoms in total. The molecule has 1 aliphatic heterocycles. The number of urea groups is 1. The number of carbonyl (C=O) groups excluding carboxylic acids is 1. The molecule has 24 heavy (non-hydrogen) atoms. The molecular formula is C19H22N2O3. The zero-order valence-corrected chi connectivity index (χ0v) is 13.5. The summed E-state index contributed by atoms with van der Waals surface area (Å²) < 4.78 is 0. The lowest BCUT2D eigenvalue weighted by molar-refractivity contribution is 0.0697. The first kappa shape index (κ1) is 15.2. The number of carbonyl (C=O) groups is 2. The number of allylic oxidation sites excluding steroid dienone is 2. The van der Waals surface area contributed by atoms with E-state index in [9.17, 15) is 9.59 Å². The van der Waals surface area contributed by atoms with Gasteiger partial charge in [0, 0.05) is 19.6 Å². The molecule has 4 atom stereocenters. The maximum atomic E-state index is 12.5. The molecule has 0 aromatic heterocycles. The van der Waals surface area contributed by atoms with Crippen LogP contribution in [0.15, 0.2) is 36.4 Å². The fraction of sp³-hybridized carbons (Fsp3) is 0.474. The number of nitrogens with one attached hydrogen (secondary N) is 1. The first-order valence-electron chi connectivity index (χ1n) is 8.65. The normalized spacial score (nSPS) is 30.2. The Bertz CT molecular complexity index is 660. The molecule has 1 heterocycles. The van der Waals surface area contributed by atoms with E-state index in [0.717, 1.165) is 18.7 Å². The monoisotopic (exact) mass is 326 g/mol. The number of nitrogens with zero attached hydrogens (tertiary/aromatic N) is 1. The molecule has 4 aliphatic rings. The van der Waals surface area contributed by atoms with Gasteiger partial charge in [0.05, 0.1) is 5.56 Å². The fourth-order valence-electron chi connectivity index (χ4n) is 4.56. The Morgan fingerprint density at radius 3 is 2.12 bits per heavy atom. The molecule has 1 aromatic carbocycles. The largest absolute Gasteiger partial charge is 0.478 e. The number of rotatable bonds is 3. The highest BCUT2D eigenvalue weighted by Gasteiger charge is 2.46. The van der Waals surface area contributed by atoms with Crippen molar-refractivity contribution >= 4 is 12.0 Å². The number of hydrogen-bond donors (Lipinski definition) is 2. The predicted octanol–water partition coefficient (Wildman–Crippen LogP) is 2.74. The van der Waals surface area contributed by atoms with Crippen molar-refractivity contribution in [1.29, 1.82) is 0 Å². The number of fused-ring (bicyclic) bond motifs is 1. The van der Waals surface area contributed by atoms with Gasteiger partial charge in [0.1, 0.15) is 0 Å². The Labute approximate surface area is 141 Å². The highest BCUT2D eigenvalue weighted by Crippen LogP contribution is 2.48. The molecule has 4 unspecified atom stereocenters. The van der Waals surface area contributed by atoms with Crippen molar-refractivity contribution in [3.05, 3.63) is 47.5 Å². The van der Waals surface area contributed by atoms with Gasteiger partial charge in [-0.05, 0) is 54.2 Å². The highest BCUT2D eigenvalue weighted by atomic mass is 16.4. The first-order chi connectivity index (χ1) is 11.6. The number of carboxylic acid groups (broad SMARTS) is 1. The molecule has 5 heteroatoms. The van der Waals surface area contributed by atoms with Crippen molar-refractivity contribution in [3.63, 3.8) is 0 Å². The number of hydrogen-bond acceptors (Lipinski definition) is 2. The van der Waals surface area contributed by atoms with E-state index in [0.29, 0.717) is 30.2 Å². The molecule has 2 amide bonds. The van der Waals surface area contributed by atoms with Crippen molar-refractivity contribution in [3.8, 4) is 0 Å². The van der Waals surface area contributed by atoms with Gasteiger partial charge in [-0.25, -0.2) is 9.59 Å². The number of amides is 2. The first-order valence-corrected chi connectivity index (χ1v) is 8.65. The molecule has 0 radical (unpaired) electrons. The van der Waals surface area contributed by atoms with Gasteiger partial charge in [0.2, 0.25) is 0 Å². The van der Waals surface area contributed by atoms with Crippen LogP contribution < -0.4 is 5.32 Å². The topological polar surface area (TPSA) is 69.6 Å². The van der Waals surface area contributed by atoms with Crippen LogP contribution in [0.3, 0.4) is 0 Å². The van der Waals surface area contributed by atoms with Crippen molar-refractivity contribution < 1.29 is 14.7 Å². The predicted molar refractivity (Wildman–Crippen MR) is 89.5 cm³/mol. The summed E-state index contributed by atoms with van der Waals surface area (Å²) in [5.41, 5.74) is 1.17. The summed E-state index contributed by atoms with van der Waals surface area (Å²) >= 11 is 0. The minimum atomic E-state index is -0.937. The Morgan fingerprint density at radius 2 is 1.62 bits per heavy atom. The molecule has 1 aromatic rings. The second kappa shape index (κ2) is 5.96. The minimum absolute atomic E-state index is 0.00823. The summed E-state index contributed by atoms with van der Waals surface area (Å²) in [6.07, 6.45) is 7.27. The maximum absolute atomic E-state index is 12.5. The van der Waals surface area contributed by atoms with Crippen LogP contribution in [-0.2, 0) is 6.54 Å². The SMILES string of the molecule is O=C(O)c1ccc(CNC(=O)N2CC3C4C=CC(CC4)C3C2)cc1. The summed E-state index contributed by atoms with van der Waals surface area (Å²) in [6.45, 7) is 2.15. The second-order valence-corrected chi connectivity index (χ2v) is 7.18. The van der Waals surface area contributed by atoms with Gasteiger partial charge in [-0.3, -0.25) is 0 Å². The highest BCUT2D eigenvalue weighted by molar-refractivity contribution is 5.87. The molecule has 1 saturated carbocycles. The van der Waals surface area contributed by atoms with Crippen molar-refractivity contribution in [2.24, 2.45) is 23.7 Å². The summed E-state index contributed by atoms with van der Waals surface area (Å²) in [4.78, 5) is 25.3. The molecule has 2 N–H and O–H groups in total. The van der Waals surface area contributed by atoms with Crippen LogP contribution in [0.2, 0.25) is 0 Å². The zero-order valence-electron chi connectivity index (χ0n) is 13.5. The Morgan fingerprint density at radius 1 is 1.04 bits per heavy atom. The lowest BCUT2D eigenvalue weighted by Gasteiger charge is -2.40. The average Bonchev–Trinajstić information content (AvgIpc) is 3.08. The summed E-state index contributed by atoms with van der Waals surface area (Å²) in [7, 11) is 0. The smallest absolute Gasteiger partial charge is 0.335 e. The van der Waals surface area contributed by atoms with Crippen molar-refractivity contribution in [2.75, 3.05) is 13.1 Å². The van der Waals surface area contributed by atoms with Crippen molar-refractivity contribution in [1.82, 2.24) is 10.2 Å². The summed E-state index contributed by atoms with van der Waals surface area (Å²) in [5.74, 6) is 1.64. The quantitative estimate of drug-likeness (QED) is 0.839. The third kappa shape index (κ3) is 2.68. The van der Waals surface area contributed by atoms with Gasteiger partial charge < -0.3 is 15.3 Å². The zero-order chi connectivity index (χ0) is 16.7.